The number of nitrogens with two attached hydrogens (primary N) is 1. The first-order chi connectivity index (χ1) is 10.7. The maximum absolute atomic E-state index is 10.6. The minimum atomic E-state index is -0.535. The van der Waals surface area contributed by atoms with Crippen LogP contribution >= 0.6 is 0 Å². The highest BCUT2D eigenvalue weighted by Crippen LogP contribution is 2.42. The summed E-state index contributed by atoms with van der Waals surface area (Å²) >= 11 is 0. The number of aliphatic hydroxyl groups is 1. The average Bonchev–Trinajstić information content (AvgIpc) is 3.11. The lowest BCUT2D eigenvalue weighted by atomic mass is 9.96. The van der Waals surface area contributed by atoms with Gasteiger partial charge in [-0.15, -0.1) is 0 Å². The number of aliphatic hydroxyl groups excluding tert-OH is 1. The molecule has 1 aromatic heterocycles. The van der Waals surface area contributed by atoms with Crippen molar-refractivity contribution in [3.63, 3.8) is 0 Å². The van der Waals surface area contributed by atoms with Gasteiger partial charge in [0, 0.05) is 17.7 Å². The molecule has 2 atom stereocenters. The Morgan fingerprint density at radius 1 is 1.14 bits per heavy atom. The van der Waals surface area contributed by atoms with Crippen molar-refractivity contribution in [3.8, 4) is 11.3 Å². The molecule has 0 saturated carbocycles. The monoisotopic (exact) mass is 291 g/mol. The van der Waals surface area contributed by atoms with Crippen molar-refractivity contribution in [2.75, 3.05) is 5.73 Å². The first-order valence-electron chi connectivity index (χ1n) is 7.38. The Morgan fingerprint density at radius 3 is 2.73 bits per heavy atom. The minimum absolute atomic E-state index is 0.112. The third-order valence-corrected chi connectivity index (χ3v) is 4.37. The lowest BCUT2D eigenvalue weighted by Crippen LogP contribution is -2.10. The van der Waals surface area contributed by atoms with Crippen LogP contribution in [-0.4, -0.2) is 14.7 Å². The molecular weight excluding hydrogens is 274 g/mol. The van der Waals surface area contributed by atoms with Gasteiger partial charge in [-0.3, -0.25) is 0 Å². The molecule has 4 nitrogen and oxygen atoms in total. The van der Waals surface area contributed by atoms with Crippen molar-refractivity contribution in [2.24, 2.45) is 0 Å². The molecule has 22 heavy (non-hydrogen) atoms. The number of anilines is 1. The van der Waals surface area contributed by atoms with Crippen molar-refractivity contribution >= 4 is 5.69 Å². The summed E-state index contributed by atoms with van der Waals surface area (Å²) in [6.07, 6.45) is 3.81. The number of imidazole rings is 1. The van der Waals surface area contributed by atoms with Gasteiger partial charge in [-0.2, -0.15) is 0 Å². The highest BCUT2D eigenvalue weighted by atomic mass is 16.3. The summed E-state index contributed by atoms with van der Waals surface area (Å²) in [6.45, 7) is 0. The van der Waals surface area contributed by atoms with E-state index >= 15 is 0 Å². The van der Waals surface area contributed by atoms with E-state index in [9.17, 15) is 5.11 Å². The first kappa shape index (κ1) is 13.1. The molecule has 4 heteroatoms. The van der Waals surface area contributed by atoms with Crippen LogP contribution in [0.5, 0.6) is 0 Å². The summed E-state index contributed by atoms with van der Waals surface area (Å²) in [5, 5.41) is 10.6. The molecule has 4 rings (SSSR count). The summed E-state index contributed by atoms with van der Waals surface area (Å²) in [6, 6.07) is 15.8. The number of hydrogen-bond donors (Lipinski definition) is 2. The predicted octanol–water partition coefficient (Wildman–Crippen LogP) is 3.16. The van der Waals surface area contributed by atoms with Crippen LogP contribution < -0.4 is 5.73 Å². The number of nitrogen functional groups attached to an aromatic ring is 1. The topological polar surface area (TPSA) is 64.1 Å². The molecule has 0 radical (unpaired) electrons. The standard InChI is InChI=1S/C18H17N3O/c19-13-7-5-12(6-8-13)18(22)9-16-14-3-1-2-4-15(14)17-10-20-11-21(16)17/h1-8,10-11,16,18,22H,9,19H2. The summed E-state index contributed by atoms with van der Waals surface area (Å²) in [4.78, 5) is 4.25. The van der Waals surface area contributed by atoms with Gasteiger partial charge in [-0.1, -0.05) is 36.4 Å². The molecule has 1 aliphatic rings. The molecule has 2 heterocycles. The molecule has 1 aliphatic heterocycles. The number of hydrogen-bond acceptors (Lipinski definition) is 3. The van der Waals surface area contributed by atoms with E-state index in [1.54, 1.807) is 0 Å². The average molecular weight is 291 g/mol. The predicted molar refractivity (Wildman–Crippen MR) is 86.2 cm³/mol. The molecule has 0 bridgehead atoms. The Labute approximate surface area is 128 Å². The summed E-state index contributed by atoms with van der Waals surface area (Å²) in [5.41, 5.74) is 10.9. The molecule has 0 spiro atoms. The molecule has 2 aromatic carbocycles. The van der Waals surface area contributed by atoms with Gasteiger partial charge in [-0.25, -0.2) is 4.98 Å². The van der Waals surface area contributed by atoms with Gasteiger partial charge in [0.25, 0.3) is 0 Å². The van der Waals surface area contributed by atoms with Crippen molar-refractivity contribution < 1.29 is 5.11 Å². The van der Waals surface area contributed by atoms with E-state index < -0.39 is 6.10 Å². The fourth-order valence-electron chi connectivity index (χ4n) is 3.24. The van der Waals surface area contributed by atoms with Crippen LogP contribution in [-0.2, 0) is 0 Å². The number of aromatic nitrogens is 2. The quantitative estimate of drug-likeness (QED) is 0.729. The van der Waals surface area contributed by atoms with E-state index in [1.807, 2.05) is 48.9 Å². The Balaban J connectivity index is 1.67. The minimum Gasteiger partial charge on any atom is -0.399 e. The highest BCUT2D eigenvalue weighted by Gasteiger charge is 2.29. The van der Waals surface area contributed by atoms with E-state index in [-0.39, 0.29) is 6.04 Å². The van der Waals surface area contributed by atoms with Gasteiger partial charge in [0.2, 0.25) is 0 Å². The van der Waals surface area contributed by atoms with Crippen molar-refractivity contribution in [1.29, 1.82) is 0 Å². The fraction of sp³-hybridized carbons (Fsp3) is 0.167. The number of fused-ring (bicyclic) bond motifs is 3. The molecule has 3 aromatic rings. The molecule has 3 N–H and O–H groups in total. The summed E-state index contributed by atoms with van der Waals surface area (Å²) in [7, 11) is 0. The Kier molecular flexibility index (Phi) is 2.98. The van der Waals surface area contributed by atoms with Crippen LogP contribution in [0.2, 0.25) is 0 Å². The fourth-order valence-corrected chi connectivity index (χ4v) is 3.24. The highest BCUT2D eigenvalue weighted by molar-refractivity contribution is 5.68. The van der Waals surface area contributed by atoms with Gasteiger partial charge >= 0.3 is 0 Å². The summed E-state index contributed by atoms with van der Waals surface area (Å²) < 4.78 is 2.14. The van der Waals surface area contributed by atoms with E-state index in [2.05, 4.69) is 21.7 Å². The van der Waals surface area contributed by atoms with Crippen LogP contribution in [0.4, 0.5) is 5.69 Å². The van der Waals surface area contributed by atoms with Gasteiger partial charge in [-0.05, 0) is 23.3 Å². The molecule has 0 aliphatic carbocycles. The molecular formula is C18H17N3O. The van der Waals surface area contributed by atoms with Crippen LogP contribution in [0.15, 0.2) is 61.1 Å². The summed E-state index contributed by atoms with van der Waals surface area (Å²) in [5.74, 6) is 0. The van der Waals surface area contributed by atoms with E-state index in [0.717, 1.165) is 11.3 Å². The van der Waals surface area contributed by atoms with Gasteiger partial charge in [0.1, 0.15) is 0 Å². The zero-order chi connectivity index (χ0) is 15.1. The first-order valence-corrected chi connectivity index (χ1v) is 7.38. The van der Waals surface area contributed by atoms with E-state index in [4.69, 9.17) is 5.73 Å². The largest absolute Gasteiger partial charge is 0.399 e. The third-order valence-electron chi connectivity index (χ3n) is 4.37. The zero-order valence-corrected chi connectivity index (χ0v) is 12.1. The maximum atomic E-state index is 10.6. The molecule has 110 valence electrons. The van der Waals surface area contributed by atoms with Gasteiger partial charge in [0.05, 0.1) is 30.4 Å². The molecule has 0 saturated heterocycles. The van der Waals surface area contributed by atoms with Crippen LogP contribution in [0.3, 0.4) is 0 Å². The zero-order valence-electron chi connectivity index (χ0n) is 12.1. The van der Waals surface area contributed by atoms with Crippen molar-refractivity contribution in [2.45, 2.75) is 18.6 Å². The van der Waals surface area contributed by atoms with Crippen molar-refractivity contribution in [3.05, 3.63) is 72.2 Å². The van der Waals surface area contributed by atoms with Crippen LogP contribution in [0.25, 0.3) is 11.3 Å². The van der Waals surface area contributed by atoms with Crippen LogP contribution in [0, 0.1) is 0 Å². The normalized spacial score (nSPS) is 17.0. The lowest BCUT2D eigenvalue weighted by molar-refractivity contribution is 0.154. The van der Waals surface area contributed by atoms with Crippen LogP contribution in [0.1, 0.15) is 29.7 Å². The molecule has 0 amide bonds. The Hall–Kier alpha value is -2.59. The van der Waals surface area contributed by atoms with Gasteiger partial charge in [0.15, 0.2) is 0 Å². The second-order valence-electron chi connectivity index (χ2n) is 5.71. The molecule has 2 unspecified atom stereocenters. The van der Waals surface area contributed by atoms with Crippen molar-refractivity contribution in [1.82, 2.24) is 9.55 Å². The maximum Gasteiger partial charge on any atom is 0.0956 e. The second kappa shape index (κ2) is 5.00. The van der Waals surface area contributed by atoms with E-state index in [0.29, 0.717) is 12.1 Å². The second-order valence-corrected chi connectivity index (χ2v) is 5.71. The number of rotatable bonds is 3. The van der Waals surface area contributed by atoms with E-state index in [1.165, 1.54) is 11.1 Å². The Bertz CT molecular complexity index is 807. The number of nitrogens with zero attached hydrogens (tertiary/aromatic N) is 2. The SMILES string of the molecule is Nc1ccc(C(O)CC2c3ccccc3-c3cncn32)cc1. The number of benzene rings is 2. The lowest BCUT2D eigenvalue weighted by Gasteiger charge is -2.19. The van der Waals surface area contributed by atoms with Gasteiger partial charge < -0.3 is 15.4 Å². The molecule has 0 fully saturated rings. The smallest absolute Gasteiger partial charge is 0.0956 e. The Morgan fingerprint density at radius 2 is 1.91 bits per heavy atom. The third kappa shape index (κ3) is 2.00.